The van der Waals surface area contributed by atoms with Gasteiger partial charge in [-0.1, -0.05) is 24.3 Å². The van der Waals surface area contributed by atoms with E-state index in [1.807, 2.05) is 48.3 Å². The minimum Gasteiger partial charge on any atom is -0.345 e. The van der Waals surface area contributed by atoms with Gasteiger partial charge in [0.1, 0.15) is 0 Å². The minimum atomic E-state index is -4.38. The molecular weight excluding hydrogens is 465 g/mol. The highest BCUT2D eigenvalue weighted by atomic mass is 19.4. The lowest BCUT2D eigenvalue weighted by Gasteiger charge is -2.34. The standard InChI is InChI=1S/C28H29F3N4O/c1-34(25-12-16-32-17-13-25)24-9-4-22(5-10-24)20-35(26-14-18-33-19-15-26)27(36)11-6-21-2-7-23(8-3-21)28(29,30)31/h2-13,16-17,26,33H,14-15,18-20H2,1H3/b11-6+. The van der Waals surface area contributed by atoms with E-state index in [1.54, 1.807) is 18.5 Å². The number of piperidine rings is 1. The van der Waals surface area contributed by atoms with Gasteiger partial charge in [-0.25, -0.2) is 0 Å². The van der Waals surface area contributed by atoms with E-state index in [-0.39, 0.29) is 11.9 Å². The second-order valence-electron chi connectivity index (χ2n) is 8.83. The molecule has 0 aliphatic carbocycles. The van der Waals surface area contributed by atoms with Crippen molar-refractivity contribution in [1.29, 1.82) is 0 Å². The first-order chi connectivity index (χ1) is 17.3. The molecule has 8 heteroatoms. The van der Waals surface area contributed by atoms with Gasteiger partial charge in [0.2, 0.25) is 5.91 Å². The van der Waals surface area contributed by atoms with E-state index in [4.69, 9.17) is 0 Å². The summed E-state index contributed by atoms with van der Waals surface area (Å²) in [5, 5.41) is 3.33. The maximum atomic E-state index is 13.2. The predicted octanol–water partition coefficient (Wildman–Crippen LogP) is 5.66. The molecule has 1 saturated heterocycles. The molecule has 1 amide bonds. The van der Waals surface area contributed by atoms with Crippen LogP contribution in [0.4, 0.5) is 24.5 Å². The summed E-state index contributed by atoms with van der Waals surface area (Å²) in [6.07, 6.45) is 3.85. The molecule has 1 aliphatic rings. The van der Waals surface area contributed by atoms with Crippen molar-refractivity contribution in [3.8, 4) is 0 Å². The minimum absolute atomic E-state index is 0.0928. The van der Waals surface area contributed by atoms with Crippen LogP contribution in [0, 0.1) is 0 Å². The summed E-state index contributed by atoms with van der Waals surface area (Å²) in [5.41, 5.74) is 2.90. The zero-order valence-electron chi connectivity index (χ0n) is 20.1. The van der Waals surface area contributed by atoms with Crippen molar-refractivity contribution < 1.29 is 18.0 Å². The van der Waals surface area contributed by atoms with Crippen molar-refractivity contribution in [2.75, 3.05) is 25.0 Å². The van der Waals surface area contributed by atoms with Gasteiger partial charge in [0.05, 0.1) is 5.56 Å². The molecule has 0 unspecified atom stereocenters. The van der Waals surface area contributed by atoms with E-state index < -0.39 is 11.7 Å². The summed E-state index contributed by atoms with van der Waals surface area (Å²) < 4.78 is 38.5. The second-order valence-corrected chi connectivity index (χ2v) is 8.83. The fraction of sp³-hybridized carbons (Fsp3) is 0.286. The Morgan fingerprint density at radius 3 is 2.19 bits per heavy atom. The number of carbonyl (C=O) groups is 1. The van der Waals surface area contributed by atoms with Gasteiger partial charge in [0.25, 0.3) is 0 Å². The summed E-state index contributed by atoms with van der Waals surface area (Å²) in [4.78, 5) is 21.2. The molecule has 0 atom stereocenters. The molecule has 0 radical (unpaired) electrons. The summed E-state index contributed by atoms with van der Waals surface area (Å²) in [6, 6.07) is 16.9. The smallest absolute Gasteiger partial charge is 0.345 e. The highest BCUT2D eigenvalue weighted by molar-refractivity contribution is 5.92. The summed E-state index contributed by atoms with van der Waals surface area (Å²) in [7, 11) is 1.99. The number of hydrogen-bond donors (Lipinski definition) is 1. The Morgan fingerprint density at radius 2 is 1.58 bits per heavy atom. The van der Waals surface area contributed by atoms with E-state index in [0.717, 1.165) is 55.0 Å². The molecule has 3 aromatic rings. The Bertz CT molecular complexity index is 1160. The quantitative estimate of drug-likeness (QED) is 0.431. The number of nitrogens with one attached hydrogen (secondary N) is 1. The number of amides is 1. The molecule has 2 aromatic carbocycles. The van der Waals surface area contributed by atoms with Crippen molar-refractivity contribution >= 4 is 23.4 Å². The van der Waals surface area contributed by atoms with Crippen LogP contribution in [0.15, 0.2) is 79.1 Å². The van der Waals surface area contributed by atoms with Gasteiger partial charge >= 0.3 is 6.18 Å². The van der Waals surface area contributed by atoms with Crippen molar-refractivity contribution in [2.45, 2.75) is 31.6 Å². The van der Waals surface area contributed by atoms with E-state index >= 15 is 0 Å². The molecular formula is C28H29F3N4O. The fourth-order valence-corrected chi connectivity index (χ4v) is 4.29. The largest absolute Gasteiger partial charge is 0.416 e. The number of aromatic nitrogens is 1. The fourth-order valence-electron chi connectivity index (χ4n) is 4.29. The van der Waals surface area contributed by atoms with Gasteiger partial charge in [-0.3, -0.25) is 9.78 Å². The number of hydrogen-bond acceptors (Lipinski definition) is 4. The zero-order chi connectivity index (χ0) is 25.5. The van der Waals surface area contributed by atoms with Crippen LogP contribution in [-0.4, -0.2) is 42.0 Å². The summed E-state index contributed by atoms with van der Waals surface area (Å²) in [5.74, 6) is -0.153. The highest BCUT2D eigenvalue weighted by Crippen LogP contribution is 2.29. The molecule has 1 N–H and O–H groups in total. The third-order valence-corrected chi connectivity index (χ3v) is 6.42. The molecule has 0 saturated carbocycles. The van der Waals surface area contributed by atoms with Gasteiger partial charge in [0.15, 0.2) is 0 Å². The SMILES string of the molecule is CN(c1ccncc1)c1ccc(CN(C(=O)/C=C/c2ccc(C(F)(F)F)cc2)C2CCNCC2)cc1. The maximum absolute atomic E-state index is 13.2. The van der Waals surface area contributed by atoms with Crippen LogP contribution in [0.5, 0.6) is 0 Å². The number of benzene rings is 2. The first kappa shape index (κ1) is 25.4. The summed E-state index contributed by atoms with van der Waals surface area (Å²) >= 11 is 0. The average molecular weight is 495 g/mol. The van der Waals surface area contributed by atoms with Gasteiger partial charge in [0, 0.05) is 49.5 Å². The Labute approximate surface area is 209 Å². The molecule has 5 nitrogen and oxygen atoms in total. The third kappa shape index (κ3) is 6.51. The topological polar surface area (TPSA) is 48.5 Å². The van der Waals surface area contributed by atoms with Crippen molar-refractivity contribution in [3.05, 3.63) is 95.8 Å². The molecule has 4 rings (SSSR count). The van der Waals surface area contributed by atoms with Crippen molar-refractivity contribution in [2.24, 2.45) is 0 Å². The molecule has 2 heterocycles. The summed E-state index contributed by atoms with van der Waals surface area (Å²) in [6.45, 7) is 2.14. The van der Waals surface area contributed by atoms with Crippen molar-refractivity contribution in [1.82, 2.24) is 15.2 Å². The first-order valence-electron chi connectivity index (χ1n) is 11.9. The Kier molecular flexibility index (Phi) is 8.05. The predicted molar refractivity (Wildman–Crippen MR) is 136 cm³/mol. The van der Waals surface area contributed by atoms with E-state index in [9.17, 15) is 18.0 Å². The zero-order valence-corrected chi connectivity index (χ0v) is 20.1. The number of alkyl halides is 3. The lowest BCUT2D eigenvalue weighted by atomic mass is 10.0. The molecule has 188 valence electrons. The van der Waals surface area contributed by atoms with E-state index in [0.29, 0.717) is 12.1 Å². The second kappa shape index (κ2) is 11.4. The van der Waals surface area contributed by atoms with Crippen LogP contribution < -0.4 is 10.2 Å². The van der Waals surface area contributed by atoms with Crippen LogP contribution in [-0.2, 0) is 17.5 Å². The first-order valence-corrected chi connectivity index (χ1v) is 11.9. The number of anilines is 2. The van der Waals surface area contributed by atoms with Gasteiger partial charge in [-0.15, -0.1) is 0 Å². The van der Waals surface area contributed by atoms with Crippen LogP contribution in [0.2, 0.25) is 0 Å². The number of halogens is 3. The lowest BCUT2D eigenvalue weighted by molar-refractivity contribution is -0.137. The van der Waals surface area contributed by atoms with Gasteiger partial charge in [-0.2, -0.15) is 13.2 Å². The van der Waals surface area contributed by atoms with Crippen LogP contribution >= 0.6 is 0 Å². The molecule has 1 aliphatic heterocycles. The normalized spacial score (nSPS) is 14.7. The third-order valence-electron chi connectivity index (χ3n) is 6.42. The Morgan fingerprint density at radius 1 is 0.972 bits per heavy atom. The van der Waals surface area contributed by atoms with Crippen LogP contribution in [0.25, 0.3) is 6.08 Å². The molecule has 1 fully saturated rings. The number of pyridine rings is 1. The van der Waals surface area contributed by atoms with E-state index in [1.165, 1.54) is 18.2 Å². The molecule has 1 aromatic heterocycles. The number of carbonyl (C=O) groups excluding carboxylic acids is 1. The van der Waals surface area contributed by atoms with Crippen molar-refractivity contribution in [3.63, 3.8) is 0 Å². The lowest BCUT2D eigenvalue weighted by Crippen LogP contribution is -2.45. The highest BCUT2D eigenvalue weighted by Gasteiger charge is 2.30. The molecule has 0 spiro atoms. The number of nitrogens with zero attached hydrogens (tertiary/aromatic N) is 3. The Hall–Kier alpha value is -3.65. The van der Waals surface area contributed by atoms with Crippen LogP contribution in [0.3, 0.4) is 0 Å². The maximum Gasteiger partial charge on any atom is 0.416 e. The van der Waals surface area contributed by atoms with Gasteiger partial charge < -0.3 is 15.1 Å². The number of rotatable bonds is 7. The van der Waals surface area contributed by atoms with E-state index in [2.05, 4.69) is 15.2 Å². The monoisotopic (exact) mass is 494 g/mol. The Balaban J connectivity index is 1.48. The molecule has 0 bridgehead atoms. The average Bonchev–Trinajstić information content (AvgIpc) is 2.91. The molecule has 36 heavy (non-hydrogen) atoms. The van der Waals surface area contributed by atoms with Gasteiger partial charge in [-0.05, 0) is 79.5 Å². The van der Waals surface area contributed by atoms with Crippen LogP contribution in [0.1, 0.15) is 29.5 Å².